The molecule has 0 spiro atoms. The van der Waals surface area contributed by atoms with Crippen molar-refractivity contribution in [2.45, 2.75) is 44.8 Å². The maximum Gasteiger partial charge on any atom is 0.260 e. The molecule has 0 bridgehead atoms. The number of rotatable bonds is 5. The summed E-state index contributed by atoms with van der Waals surface area (Å²) in [7, 11) is -3.46. The number of aromatic amines is 1. The summed E-state index contributed by atoms with van der Waals surface area (Å²) in [5, 5.41) is 9.90. The van der Waals surface area contributed by atoms with Gasteiger partial charge >= 0.3 is 0 Å². The van der Waals surface area contributed by atoms with Crippen LogP contribution < -0.4 is 5.32 Å². The molecule has 2 N–H and O–H groups in total. The Kier molecular flexibility index (Phi) is 4.27. The molecule has 0 aromatic carbocycles. The summed E-state index contributed by atoms with van der Waals surface area (Å²) in [4.78, 5) is 0. The first-order valence-electron chi connectivity index (χ1n) is 6.71. The van der Waals surface area contributed by atoms with Crippen LogP contribution in [0.5, 0.6) is 0 Å². The van der Waals surface area contributed by atoms with Crippen LogP contribution in [0.15, 0.2) is 11.2 Å². The SMILES string of the molecule is CCNCc1cn[nH]c1S(=O)(=O)N1CC(C)CC1C. The van der Waals surface area contributed by atoms with Gasteiger partial charge in [-0.25, -0.2) is 8.42 Å². The highest BCUT2D eigenvalue weighted by Gasteiger charge is 2.37. The summed E-state index contributed by atoms with van der Waals surface area (Å²) in [5.74, 6) is 0.407. The molecular weight excluding hydrogens is 264 g/mol. The predicted octanol–water partition coefficient (Wildman–Crippen LogP) is 0.938. The predicted molar refractivity (Wildman–Crippen MR) is 73.1 cm³/mol. The van der Waals surface area contributed by atoms with Gasteiger partial charge in [0, 0.05) is 24.7 Å². The van der Waals surface area contributed by atoms with Gasteiger partial charge in [0.15, 0.2) is 5.03 Å². The van der Waals surface area contributed by atoms with E-state index in [1.54, 1.807) is 10.5 Å². The van der Waals surface area contributed by atoms with Crippen LogP contribution in [0.4, 0.5) is 0 Å². The van der Waals surface area contributed by atoms with Gasteiger partial charge < -0.3 is 5.32 Å². The smallest absolute Gasteiger partial charge is 0.260 e. The summed E-state index contributed by atoms with van der Waals surface area (Å²) >= 11 is 0. The topological polar surface area (TPSA) is 78.1 Å². The van der Waals surface area contributed by atoms with E-state index in [1.165, 1.54) is 0 Å². The number of hydrogen-bond acceptors (Lipinski definition) is 4. The quantitative estimate of drug-likeness (QED) is 0.844. The second-order valence-corrected chi connectivity index (χ2v) is 7.10. The van der Waals surface area contributed by atoms with E-state index < -0.39 is 10.0 Å². The molecule has 2 atom stereocenters. The summed E-state index contributed by atoms with van der Waals surface area (Å²) in [6, 6.07) is 0.0512. The van der Waals surface area contributed by atoms with Crippen molar-refractivity contribution in [1.82, 2.24) is 19.8 Å². The van der Waals surface area contributed by atoms with Gasteiger partial charge in [-0.3, -0.25) is 5.10 Å². The van der Waals surface area contributed by atoms with Gasteiger partial charge in [-0.05, 0) is 25.8 Å². The van der Waals surface area contributed by atoms with Gasteiger partial charge in [0.2, 0.25) is 0 Å². The third-order valence-electron chi connectivity index (χ3n) is 3.54. The normalized spacial score (nSPS) is 25.0. The van der Waals surface area contributed by atoms with E-state index in [9.17, 15) is 8.42 Å². The molecule has 2 rings (SSSR count). The zero-order chi connectivity index (χ0) is 14.0. The van der Waals surface area contributed by atoms with E-state index in [-0.39, 0.29) is 11.1 Å². The largest absolute Gasteiger partial charge is 0.313 e. The Morgan fingerprint density at radius 3 is 2.84 bits per heavy atom. The van der Waals surface area contributed by atoms with Crippen molar-refractivity contribution < 1.29 is 8.42 Å². The fourth-order valence-corrected chi connectivity index (χ4v) is 4.49. The number of sulfonamides is 1. The van der Waals surface area contributed by atoms with Crippen LogP contribution in [0.3, 0.4) is 0 Å². The minimum absolute atomic E-state index is 0.0512. The van der Waals surface area contributed by atoms with Gasteiger partial charge in [0.05, 0.1) is 6.20 Å². The van der Waals surface area contributed by atoms with Crippen LogP contribution in [0, 0.1) is 5.92 Å². The van der Waals surface area contributed by atoms with E-state index in [2.05, 4.69) is 22.4 Å². The first kappa shape index (κ1) is 14.5. The van der Waals surface area contributed by atoms with Crippen LogP contribution in [0.2, 0.25) is 0 Å². The molecule has 2 unspecified atom stereocenters. The molecule has 108 valence electrons. The van der Waals surface area contributed by atoms with Crippen LogP contribution in [-0.4, -0.2) is 42.1 Å². The first-order chi connectivity index (χ1) is 8.96. The molecule has 0 amide bonds. The van der Waals surface area contributed by atoms with Crippen LogP contribution in [0.1, 0.15) is 32.8 Å². The molecule has 1 aromatic heterocycles. The summed E-state index contributed by atoms with van der Waals surface area (Å²) in [6.45, 7) is 7.92. The van der Waals surface area contributed by atoms with E-state index in [4.69, 9.17) is 0 Å². The standard InChI is InChI=1S/C12H22N4O2S/c1-4-13-6-11-7-14-15-12(11)19(17,18)16-8-9(2)5-10(16)3/h7,9-10,13H,4-6,8H2,1-3H3,(H,14,15). The van der Waals surface area contributed by atoms with Crippen molar-refractivity contribution in [3.63, 3.8) is 0 Å². The lowest BCUT2D eigenvalue weighted by Crippen LogP contribution is -2.35. The molecule has 0 saturated carbocycles. The van der Waals surface area contributed by atoms with Gasteiger partial charge in [-0.1, -0.05) is 13.8 Å². The molecule has 19 heavy (non-hydrogen) atoms. The first-order valence-corrected chi connectivity index (χ1v) is 8.15. The summed E-state index contributed by atoms with van der Waals surface area (Å²) in [6.07, 6.45) is 2.50. The molecule has 0 aliphatic carbocycles. The van der Waals surface area contributed by atoms with Crippen molar-refractivity contribution in [1.29, 1.82) is 0 Å². The molecule has 1 saturated heterocycles. The molecule has 0 radical (unpaired) electrons. The van der Waals surface area contributed by atoms with Gasteiger partial charge in [-0.2, -0.15) is 9.40 Å². The van der Waals surface area contributed by atoms with Crippen molar-refractivity contribution >= 4 is 10.0 Å². The Morgan fingerprint density at radius 1 is 1.53 bits per heavy atom. The minimum Gasteiger partial charge on any atom is -0.313 e. The maximum atomic E-state index is 12.7. The number of nitrogens with one attached hydrogen (secondary N) is 2. The number of aromatic nitrogens is 2. The Balaban J connectivity index is 2.27. The lowest BCUT2D eigenvalue weighted by molar-refractivity contribution is 0.403. The maximum absolute atomic E-state index is 12.7. The van der Waals surface area contributed by atoms with Crippen LogP contribution in [-0.2, 0) is 16.6 Å². The van der Waals surface area contributed by atoms with Crippen molar-refractivity contribution in [2.24, 2.45) is 5.92 Å². The highest BCUT2D eigenvalue weighted by atomic mass is 32.2. The lowest BCUT2D eigenvalue weighted by Gasteiger charge is -2.20. The lowest BCUT2D eigenvalue weighted by atomic mass is 10.1. The second kappa shape index (κ2) is 5.60. The molecule has 1 aliphatic heterocycles. The number of nitrogens with zero attached hydrogens (tertiary/aromatic N) is 2. The average molecular weight is 286 g/mol. The van der Waals surface area contributed by atoms with E-state index in [0.717, 1.165) is 13.0 Å². The van der Waals surface area contributed by atoms with E-state index in [0.29, 0.717) is 24.6 Å². The van der Waals surface area contributed by atoms with Crippen LogP contribution >= 0.6 is 0 Å². The monoisotopic (exact) mass is 286 g/mol. The third kappa shape index (κ3) is 2.82. The Hall–Kier alpha value is -0.920. The van der Waals surface area contributed by atoms with Crippen molar-refractivity contribution in [3.8, 4) is 0 Å². The molecule has 2 heterocycles. The highest BCUT2D eigenvalue weighted by Crippen LogP contribution is 2.29. The fraction of sp³-hybridized carbons (Fsp3) is 0.750. The van der Waals surface area contributed by atoms with E-state index in [1.807, 2.05) is 13.8 Å². The Labute approximate surface area is 114 Å². The van der Waals surface area contributed by atoms with Crippen molar-refractivity contribution in [2.75, 3.05) is 13.1 Å². The Bertz CT molecular complexity index is 526. The highest BCUT2D eigenvalue weighted by molar-refractivity contribution is 7.89. The van der Waals surface area contributed by atoms with Crippen LogP contribution in [0.25, 0.3) is 0 Å². The molecule has 1 aliphatic rings. The number of H-pyrrole nitrogens is 1. The fourth-order valence-electron chi connectivity index (χ4n) is 2.62. The van der Waals surface area contributed by atoms with Gasteiger partial charge in [0.1, 0.15) is 0 Å². The Morgan fingerprint density at radius 2 is 2.26 bits per heavy atom. The molecule has 1 fully saturated rings. The van der Waals surface area contributed by atoms with Gasteiger partial charge in [0.25, 0.3) is 10.0 Å². The second-order valence-electron chi connectivity index (χ2n) is 5.27. The van der Waals surface area contributed by atoms with E-state index >= 15 is 0 Å². The summed E-state index contributed by atoms with van der Waals surface area (Å²) in [5.41, 5.74) is 0.702. The molecule has 7 heteroatoms. The number of hydrogen-bond donors (Lipinski definition) is 2. The average Bonchev–Trinajstić information content (AvgIpc) is 2.93. The minimum atomic E-state index is -3.46. The third-order valence-corrected chi connectivity index (χ3v) is 5.53. The molecule has 1 aromatic rings. The molecule has 6 nitrogen and oxygen atoms in total. The zero-order valence-corrected chi connectivity index (χ0v) is 12.5. The zero-order valence-electron chi connectivity index (χ0n) is 11.7. The van der Waals surface area contributed by atoms with Crippen molar-refractivity contribution in [3.05, 3.63) is 11.8 Å². The summed E-state index contributed by atoms with van der Waals surface area (Å²) < 4.78 is 26.9. The van der Waals surface area contributed by atoms with Gasteiger partial charge in [-0.15, -0.1) is 0 Å². The molecular formula is C12H22N4O2S.